The molecule has 33 heavy (non-hydrogen) atoms. The highest BCUT2D eigenvalue weighted by Crippen LogP contribution is 2.28. The first-order valence-corrected chi connectivity index (χ1v) is 11.2. The van der Waals surface area contributed by atoms with Gasteiger partial charge in [0, 0.05) is 43.6 Å². The molecule has 9 nitrogen and oxygen atoms in total. The van der Waals surface area contributed by atoms with Gasteiger partial charge in [0.2, 0.25) is 0 Å². The van der Waals surface area contributed by atoms with Gasteiger partial charge in [-0.05, 0) is 56.4 Å². The van der Waals surface area contributed by atoms with Gasteiger partial charge in [-0.3, -0.25) is 14.9 Å². The van der Waals surface area contributed by atoms with E-state index >= 15 is 0 Å². The average Bonchev–Trinajstić information content (AvgIpc) is 3.13. The Labute approximate surface area is 191 Å². The van der Waals surface area contributed by atoms with Crippen molar-refractivity contribution in [2.45, 2.75) is 51.9 Å². The van der Waals surface area contributed by atoms with Gasteiger partial charge >= 0.3 is 5.97 Å². The summed E-state index contributed by atoms with van der Waals surface area (Å²) in [5.74, 6) is 0.165. The summed E-state index contributed by atoms with van der Waals surface area (Å²) in [5, 5.41) is 21.9. The van der Waals surface area contributed by atoms with Crippen LogP contribution in [0.25, 0.3) is 22.4 Å². The Bertz CT molecular complexity index is 1190. The molecule has 1 aromatic carbocycles. The Kier molecular flexibility index (Phi) is 6.92. The van der Waals surface area contributed by atoms with Crippen LogP contribution in [-0.4, -0.2) is 56.1 Å². The fourth-order valence-electron chi connectivity index (χ4n) is 4.30. The van der Waals surface area contributed by atoms with Gasteiger partial charge in [0.15, 0.2) is 0 Å². The minimum atomic E-state index is -1.09. The van der Waals surface area contributed by atoms with Gasteiger partial charge in [-0.2, -0.15) is 0 Å². The van der Waals surface area contributed by atoms with Gasteiger partial charge in [-0.15, -0.1) is 0 Å². The SMILES string of the molecule is Cc1cc(-c2nc3cc(CN[C@H](C(=O)O)[C@@H](C)O)ccc3n2CC2CCOCC2)c[nH]c1=O. The lowest BCUT2D eigenvalue weighted by molar-refractivity contribution is -0.142. The van der Waals surface area contributed by atoms with Crippen LogP contribution in [0.3, 0.4) is 0 Å². The van der Waals surface area contributed by atoms with E-state index < -0.39 is 18.1 Å². The molecule has 1 fully saturated rings. The van der Waals surface area contributed by atoms with E-state index in [4.69, 9.17) is 9.72 Å². The molecule has 2 aromatic heterocycles. The van der Waals surface area contributed by atoms with Crippen molar-refractivity contribution in [2.24, 2.45) is 5.92 Å². The molecule has 0 amide bonds. The average molecular weight is 455 g/mol. The zero-order valence-electron chi connectivity index (χ0n) is 18.9. The number of nitrogens with one attached hydrogen (secondary N) is 2. The van der Waals surface area contributed by atoms with Gasteiger partial charge in [0.25, 0.3) is 5.56 Å². The second kappa shape index (κ2) is 9.86. The molecule has 0 unspecified atom stereocenters. The number of hydrogen-bond acceptors (Lipinski definition) is 6. The number of carboxylic acids is 1. The molecule has 2 atom stereocenters. The third-order valence-electron chi connectivity index (χ3n) is 6.22. The molecule has 9 heteroatoms. The number of aromatic nitrogens is 3. The van der Waals surface area contributed by atoms with Crippen LogP contribution in [0.5, 0.6) is 0 Å². The van der Waals surface area contributed by atoms with Gasteiger partial charge in [-0.25, -0.2) is 4.98 Å². The molecule has 176 valence electrons. The summed E-state index contributed by atoms with van der Waals surface area (Å²) in [5.41, 5.74) is 3.99. The van der Waals surface area contributed by atoms with E-state index in [0.717, 1.165) is 60.6 Å². The zero-order chi connectivity index (χ0) is 23.5. The Morgan fingerprint density at radius 2 is 2.09 bits per heavy atom. The van der Waals surface area contributed by atoms with Gasteiger partial charge in [0.05, 0.1) is 17.1 Å². The van der Waals surface area contributed by atoms with E-state index in [1.54, 1.807) is 13.1 Å². The van der Waals surface area contributed by atoms with Gasteiger partial charge < -0.3 is 24.5 Å². The molecule has 1 saturated heterocycles. The number of rotatable bonds is 8. The number of aliphatic carboxylic acids is 1. The second-order valence-corrected chi connectivity index (χ2v) is 8.76. The summed E-state index contributed by atoms with van der Waals surface area (Å²) in [6, 6.07) is 6.68. The number of H-pyrrole nitrogens is 1. The molecule has 0 radical (unpaired) electrons. The van der Waals surface area contributed by atoms with Crippen molar-refractivity contribution in [1.82, 2.24) is 19.9 Å². The summed E-state index contributed by atoms with van der Waals surface area (Å²) in [7, 11) is 0. The molecule has 1 aliphatic rings. The van der Waals surface area contributed by atoms with Crippen LogP contribution >= 0.6 is 0 Å². The summed E-state index contributed by atoms with van der Waals surface area (Å²) < 4.78 is 7.71. The molecule has 1 aliphatic heterocycles. The number of pyridine rings is 1. The van der Waals surface area contributed by atoms with Crippen LogP contribution < -0.4 is 10.9 Å². The van der Waals surface area contributed by atoms with Crippen LogP contribution in [-0.2, 0) is 22.6 Å². The number of aliphatic hydroxyl groups is 1. The third-order valence-corrected chi connectivity index (χ3v) is 6.22. The molecule has 0 aliphatic carbocycles. The highest BCUT2D eigenvalue weighted by atomic mass is 16.5. The summed E-state index contributed by atoms with van der Waals surface area (Å²) >= 11 is 0. The molecule has 4 rings (SSSR count). The van der Waals surface area contributed by atoms with Crippen molar-refractivity contribution in [1.29, 1.82) is 0 Å². The zero-order valence-corrected chi connectivity index (χ0v) is 18.9. The van der Waals surface area contributed by atoms with Crippen molar-refractivity contribution in [3.8, 4) is 11.4 Å². The number of ether oxygens (including phenoxy) is 1. The van der Waals surface area contributed by atoms with Crippen molar-refractivity contribution >= 4 is 17.0 Å². The molecule has 3 heterocycles. The van der Waals surface area contributed by atoms with E-state index in [0.29, 0.717) is 11.5 Å². The predicted octanol–water partition coefficient (Wildman–Crippen LogP) is 2.05. The molecular formula is C24H30N4O5. The largest absolute Gasteiger partial charge is 0.480 e. The summed E-state index contributed by atoms with van der Waals surface area (Å²) in [4.78, 5) is 30.9. The molecule has 4 N–H and O–H groups in total. The minimum absolute atomic E-state index is 0.120. The summed E-state index contributed by atoms with van der Waals surface area (Å²) in [6.07, 6.45) is 2.66. The quantitative estimate of drug-likeness (QED) is 0.410. The Hall–Kier alpha value is -3.01. The van der Waals surface area contributed by atoms with E-state index in [1.165, 1.54) is 6.92 Å². The maximum Gasteiger partial charge on any atom is 0.323 e. The lowest BCUT2D eigenvalue weighted by atomic mass is 10.00. The van der Waals surface area contributed by atoms with E-state index in [2.05, 4.69) is 14.9 Å². The van der Waals surface area contributed by atoms with E-state index in [9.17, 15) is 19.8 Å². The first-order chi connectivity index (χ1) is 15.8. The van der Waals surface area contributed by atoms with Crippen molar-refractivity contribution in [3.05, 3.63) is 51.9 Å². The van der Waals surface area contributed by atoms with Crippen LogP contribution in [0.4, 0.5) is 0 Å². The number of imidazole rings is 1. The Morgan fingerprint density at radius 3 is 2.76 bits per heavy atom. The number of aromatic amines is 1. The first kappa shape index (κ1) is 23.2. The highest BCUT2D eigenvalue weighted by molar-refractivity contribution is 5.81. The number of carboxylic acid groups (broad SMARTS) is 1. The minimum Gasteiger partial charge on any atom is -0.480 e. The number of carbonyl (C=O) groups is 1. The predicted molar refractivity (Wildman–Crippen MR) is 124 cm³/mol. The maximum absolute atomic E-state index is 11.9. The van der Waals surface area contributed by atoms with Crippen LogP contribution in [0.15, 0.2) is 35.3 Å². The van der Waals surface area contributed by atoms with Crippen molar-refractivity contribution < 1.29 is 19.7 Å². The topological polar surface area (TPSA) is 129 Å². The summed E-state index contributed by atoms with van der Waals surface area (Å²) in [6.45, 7) is 5.83. The van der Waals surface area contributed by atoms with Gasteiger partial charge in [0.1, 0.15) is 11.9 Å². The maximum atomic E-state index is 11.9. The van der Waals surface area contributed by atoms with Crippen molar-refractivity contribution in [2.75, 3.05) is 13.2 Å². The molecular weight excluding hydrogens is 424 g/mol. The fourth-order valence-corrected chi connectivity index (χ4v) is 4.30. The Morgan fingerprint density at radius 1 is 1.33 bits per heavy atom. The van der Waals surface area contributed by atoms with E-state index in [-0.39, 0.29) is 12.1 Å². The third kappa shape index (κ3) is 5.16. The van der Waals surface area contributed by atoms with Crippen LogP contribution in [0.2, 0.25) is 0 Å². The number of nitrogens with zero attached hydrogens (tertiary/aromatic N) is 2. The number of benzene rings is 1. The molecule has 0 saturated carbocycles. The normalized spacial score (nSPS) is 16.7. The van der Waals surface area contributed by atoms with Crippen molar-refractivity contribution in [3.63, 3.8) is 0 Å². The smallest absolute Gasteiger partial charge is 0.323 e. The molecule has 0 spiro atoms. The van der Waals surface area contributed by atoms with E-state index in [1.807, 2.05) is 24.3 Å². The van der Waals surface area contributed by atoms with Crippen LogP contribution in [0, 0.1) is 12.8 Å². The number of aryl methyl sites for hydroxylation is 1. The number of aliphatic hydroxyl groups excluding tert-OH is 1. The lowest BCUT2D eigenvalue weighted by Gasteiger charge is -2.23. The first-order valence-electron chi connectivity index (χ1n) is 11.2. The highest BCUT2D eigenvalue weighted by Gasteiger charge is 2.23. The molecule has 0 bridgehead atoms. The second-order valence-electron chi connectivity index (χ2n) is 8.76. The Balaban J connectivity index is 1.70. The monoisotopic (exact) mass is 454 g/mol. The fraction of sp³-hybridized carbons (Fsp3) is 0.458. The molecule has 3 aromatic rings. The number of hydrogen-bond donors (Lipinski definition) is 4. The van der Waals surface area contributed by atoms with Crippen LogP contribution in [0.1, 0.15) is 30.9 Å². The van der Waals surface area contributed by atoms with Gasteiger partial charge in [-0.1, -0.05) is 6.07 Å². The number of fused-ring (bicyclic) bond motifs is 1. The standard InChI is InChI=1S/C24H30N4O5/c1-14-9-18(12-26-23(14)30)22-27-19-10-17(11-25-21(15(2)29)24(31)32)3-4-20(19)28(22)13-16-5-7-33-8-6-16/h3-4,9-10,12,15-16,21,25,29H,5-8,11,13H2,1-2H3,(H,26,30)(H,31,32)/t15-,21+/m1/s1. The lowest BCUT2D eigenvalue weighted by Crippen LogP contribution is -2.44.